The number of methoxy groups -OCH3 is 1. The van der Waals surface area contributed by atoms with Gasteiger partial charge < -0.3 is 14.5 Å². The van der Waals surface area contributed by atoms with Gasteiger partial charge in [-0.3, -0.25) is 4.79 Å². The third-order valence-electron chi connectivity index (χ3n) is 2.77. The Bertz CT molecular complexity index is 546. The van der Waals surface area contributed by atoms with Gasteiger partial charge in [0.15, 0.2) is 11.7 Å². The number of oxazole rings is 1. The standard InChI is InChI=1S/C14H16N2O3/c1-15-13(17)7-8-14-16-9-12(19-14)10-3-5-11(18-2)6-4-10/h3-6,9H,7-8H2,1-2H3,(H,15,17). The zero-order chi connectivity index (χ0) is 13.7. The molecule has 1 amide bonds. The summed E-state index contributed by atoms with van der Waals surface area (Å²) in [6, 6.07) is 7.54. The first-order valence-corrected chi connectivity index (χ1v) is 6.02. The molecule has 1 heterocycles. The molecule has 19 heavy (non-hydrogen) atoms. The van der Waals surface area contributed by atoms with Crippen LogP contribution in [0.1, 0.15) is 12.3 Å². The zero-order valence-electron chi connectivity index (χ0n) is 11.0. The van der Waals surface area contributed by atoms with Gasteiger partial charge >= 0.3 is 0 Å². The first kappa shape index (κ1) is 13.1. The monoisotopic (exact) mass is 260 g/mol. The van der Waals surface area contributed by atoms with Crippen LogP contribution < -0.4 is 10.1 Å². The van der Waals surface area contributed by atoms with Crippen LogP contribution in [0.4, 0.5) is 0 Å². The van der Waals surface area contributed by atoms with Gasteiger partial charge in [0.1, 0.15) is 5.75 Å². The molecule has 1 N–H and O–H groups in total. The summed E-state index contributed by atoms with van der Waals surface area (Å²) in [4.78, 5) is 15.3. The SMILES string of the molecule is CNC(=O)CCc1ncc(-c2ccc(OC)cc2)o1. The average molecular weight is 260 g/mol. The molecule has 1 aromatic heterocycles. The molecule has 0 radical (unpaired) electrons. The molecular formula is C14H16N2O3. The lowest BCUT2D eigenvalue weighted by Gasteiger charge is -2.00. The largest absolute Gasteiger partial charge is 0.497 e. The molecule has 0 unspecified atom stereocenters. The van der Waals surface area contributed by atoms with E-state index in [0.29, 0.717) is 24.5 Å². The van der Waals surface area contributed by atoms with Gasteiger partial charge in [-0.2, -0.15) is 0 Å². The van der Waals surface area contributed by atoms with Crippen molar-refractivity contribution in [3.05, 3.63) is 36.4 Å². The number of nitrogens with zero attached hydrogens (tertiary/aromatic N) is 1. The van der Waals surface area contributed by atoms with Crippen molar-refractivity contribution < 1.29 is 13.9 Å². The Labute approximate surface area is 111 Å². The predicted molar refractivity (Wildman–Crippen MR) is 70.9 cm³/mol. The summed E-state index contributed by atoms with van der Waals surface area (Å²) in [7, 11) is 3.24. The Morgan fingerprint density at radius 3 is 2.74 bits per heavy atom. The number of aryl methyl sites for hydroxylation is 1. The second-order valence-corrected chi connectivity index (χ2v) is 4.02. The molecule has 2 aromatic rings. The van der Waals surface area contributed by atoms with Crippen molar-refractivity contribution >= 4 is 5.91 Å². The smallest absolute Gasteiger partial charge is 0.220 e. The van der Waals surface area contributed by atoms with Gasteiger partial charge in [0.05, 0.1) is 13.3 Å². The topological polar surface area (TPSA) is 64.4 Å². The van der Waals surface area contributed by atoms with Crippen LogP contribution in [0, 0.1) is 0 Å². The third kappa shape index (κ3) is 3.34. The van der Waals surface area contributed by atoms with Crippen LogP contribution in [0.5, 0.6) is 5.75 Å². The van der Waals surface area contributed by atoms with E-state index < -0.39 is 0 Å². The van der Waals surface area contributed by atoms with Crippen LogP contribution in [0.15, 0.2) is 34.9 Å². The lowest BCUT2D eigenvalue weighted by atomic mass is 10.2. The predicted octanol–water partition coefficient (Wildman–Crippen LogP) is 2.03. The summed E-state index contributed by atoms with van der Waals surface area (Å²) in [5, 5.41) is 2.56. The Hall–Kier alpha value is -2.30. The number of carbonyl (C=O) groups is 1. The molecule has 5 heteroatoms. The first-order chi connectivity index (χ1) is 9.22. The van der Waals surface area contributed by atoms with Crippen LogP contribution in [0.25, 0.3) is 11.3 Å². The van der Waals surface area contributed by atoms with Gasteiger partial charge in [0.2, 0.25) is 5.91 Å². The van der Waals surface area contributed by atoms with Crippen LogP contribution in [0.2, 0.25) is 0 Å². The van der Waals surface area contributed by atoms with E-state index in [1.54, 1.807) is 20.4 Å². The van der Waals surface area contributed by atoms with Crippen molar-refractivity contribution in [2.45, 2.75) is 12.8 Å². The second kappa shape index (κ2) is 6.04. The molecule has 0 saturated carbocycles. The Kier molecular flexibility index (Phi) is 4.18. The van der Waals surface area contributed by atoms with Crippen molar-refractivity contribution in [2.75, 3.05) is 14.2 Å². The molecule has 0 aliphatic carbocycles. The van der Waals surface area contributed by atoms with Gasteiger partial charge in [-0.15, -0.1) is 0 Å². The maximum atomic E-state index is 11.1. The van der Waals surface area contributed by atoms with E-state index in [2.05, 4.69) is 10.3 Å². The van der Waals surface area contributed by atoms with Crippen LogP contribution in [0.3, 0.4) is 0 Å². The lowest BCUT2D eigenvalue weighted by molar-refractivity contribution is -0.120. The number of amides is 1. The second-order valence-electron chi connectivity index (χ2n) is 4.02. The van der Waals surface area contributed by atoms with Gasteiger partial charge in [-0.25, -0.2) is 4.98 Å². The summed E-state index contributed by atoms with van der Waals surface area (Å²) in [5.41, 5.74) is 0.930. The number of benzene rings is 1. The average Bonchev–Trinajstić information content (AvgIpc) is 2.93. The number of carbonyl (C=O) groups excluding carboxylic acids is 1. The van der Waals surface area contributed by atoms with Crippen molar-refractivity contribution in [3.63, 3.8) is 0 Å². The summed E-state index contributed by atoms with van der Waals surface area (Å²) in [6.07, 6.45) is 2.54. The summed E-state index contributed by atoms with van der Waals surface area (Å²) in [6.45, 7) is 0. The summed E-state index contributed by atoms with van der Waals surface area (Å²) < 4.78 is 10.7. The maximum Gasteiger partial charge on any atom is 0.220 e. The highest BCUT2D eigenvalue weighted by Gasteiger charge is 2.08. The normalized spacial score (nSPS) is 10.2. The highest BCUT2D eigenvalue weighted by Crippen LogP contribution is 2.23. The number of rotatable bonds is 5. The molecular weight excluding hydrogens is 244 g/mol. The van der Waals surface area contributed by atoms with E-state index in [9.17, 15) is 4.79 Å². The van der Waals surface area contributed by atoms with Gasteiger partial charge in [-0.1, -0.05) is 0 Å². The van der Waals surface area contributed by atoms with Crippen molar-refractivity contribution in [1.82, 2.24) is 10.3 Å². The fourth-order valence-electron chi connectivity index (χ4n) is 1.66. The Morgan fingerprint density at radius 2 is 2.11 bits per heavy atom. The molecule has 0 atom stereocenters. The number of hydrogen-bond donors (Lipinski definition) is 1. The van der Waals surface area contributed by atoms with Crippen LogP contribution >= 0.6 is 0 Å². The van der Waals surface area contributed by atoms with Gasteiger partial charge in [0, 0.05) is 25.5 Å². The van der Waals surface area contributed by atoms with Crippen molar-refractivity contribution in [2.24, 2.45) is 0 Å². The van der Waals surface area contributed by atoms with E-state index in [-0.39, 0.29) is 5.91 Å². The Balaban J connectivity index is 2.05. The highest BCUT2D eigenvalue weighted by atomic mass is 16.5. The number of hydrogen-bond acceptors (Lipinski definition) is 4. The van der Waals surface area contributed by atoms with Crippen molar-refractivity contribution in [3.8, 4) is 17.1 Å². The fraction of sp³-hybridized carbons (Fsp3) is 0.286. The van der Waals surface area contributed by atoms with E-state index >= 15 is 0 Å². The maximum absolute atomic E-state index is 11.1. The van der Waals surface area contributed by atoms with Gasteiger partial charge in [0.25, 0.3) is 0 Å². The van der Waals surface area contributed by atoms with Crippen LogP contribution in [-0.4, -0.2) is 25.0 Å². The van der Waals surface area contributed by atoms with Crippen LogP contribution in [-0.2, 0) is 11.2 Å². The third-order valence-corrected chi connectivity index (χ3v) is 2.77. The zero-order valence-corrected chi connectivity index (χ0v) is 11.0. The number of nitrogens with one attached hydrogen (secondary N) is 1. The molecule has 0 saturated heterocycles. The molecule has 0 spiro atoms. The van der Waals surface area contributed by atoms with Crippen molar-refractivity contribution in [1.29, 1.82) is 0 Å². The van der Waals surface area contributed by atoms with E-state index in [4.69, 9.17) is 9.15 Å². The molecule has 2 rings (SSSR count). The minimum Gasteiger partial charge on any atom is -0.497 e. The highest BCUT2D eigenvalue weighted by molar-refractivity contribution is 5.75. The van der Waals surface area contributed by atoms with Gasteiger partial charge in [-0.05, 0) is 24.3 Å². The minimum atomic E-state index is -0.0239. The fourth-order valence-corrected chi connectivity index (χ4v) is 1.66. The summed E-state index contributed by atoms with van der Waals surface area (Å²) >= 11 is 0. The summed E-state index contributed by atoms with van der Waals surface area (Å²) in [5.74, 6) is 2.02. The molecule has 100 valence electrons. The minimum absolute atomic E-state index is 0.0239. The quantitative estimate of drug-likeness (QED) is 0.893. The van der Waals surface area contributed by atoms with E-state index in [1.807, 2.05) is 24.3 Å². The number of ether oxygens (including phenoxy) is 1. The number of aromatic nitrogens is 1. The molecule has 1 aromatic carbocycles. The molecule has 0 aliphatic heterocycles. The molecule has 5 nitrogen and oxygen atoms in total. The van der Waals surface area contributed by atoms with E-state index in [1.165, 1.54) is 0 Å². The Morgan fingerprint density at radius 1 is 1.37 bits per heavy atom. The van der Waals surface area contributed by atoms with E-state index in [0.717, 1.165) is 11.3 Å². The first-order valence-electron chi connectivity index (χ1n) is 6.02. The lowest BCUT2D eigenvalue weighted by Crippen LogP contribution is -2.17. The molecule has 0 bridgehead atoms. The molecule has 0 aliphatic rings. The molecule has 0 fully saturated rings.